The van der Waals surface area contributed by atoms with Crippen LogP contribution in [0.4, 0.5) is 16.2 Å². The summed E-state index contributed by atoms with van der Waals surface area (Å²) < 4.78 is 24.3. The van der Waals surface area contributed by atoms with E-state index in [4.69, 9.17) is 0 Å². The van der Waals surface area contributed by atoms with Crippen LogP contribution in [0.15, 0.2) is 24.3 Å². The van der Waals surface area contributed by atoms with Crippen molar-refractivity contribution in [2.75, 3.05) is 16.3 Å². The largest absolute Gasteiger partial charge is 0.336 e. The maximum absolute atomic E-state index is 11.4. The summed E-state index contributed by atoms with van der Waals surface area (Å²) in [6.07, 6.45) is 1.08. The number of carbonyl (C=O) groups excluding carboxylic acids is 1. The third-order valence-electron chi connectivity index (χ3n) is 1.87. The predicted octanol–water partition coefficient (Wildman–Crippen LogP) is 1.59. The summed E-state index contributed by atoms with van der Waals surface area (Å²) >= 11 is 0. The van der Waals surface area contributed by atoms with E-state index in [1.807, 2.05) is 13.8 Å². The molecule has 0 spiro atoms. The molecular formula is C11H17N3O3S. The van der Waals surface area contributed by atoms with Crippen LogP contribution in [-0.4, -0.2) is 26.7 Å². The topological polar surface area (TPSA) is 87.3 Å². The molecule has 0 aromatic heterocycles. The molecule has 0 radical (unpaired) electrons. The summed E-state index contributed by atoms with van der Waals surface area (Å²) in [6, 6.07) is 6.14. The zero-order valence-corrected chi connectivity index (χ0v) is 11.3. The van der Waals surface area contributed by atoms with E-state index in [9.17, 15) is 13.2 Å². The number of benzene rings is 1. The van der Waals surface area contributed by atoms with Gasteiger partial charge in [0.1, 0.15) is 0 Å². The predicted molar refractivity (Wildman–Crippen MR) is 72.2 cm³/mol. The molecule has 0 unspecified atom stereocenters. The van der Waals surface area contributed by atoms with Gasteiger partial charge in [-0.1, -0.05) is 0 Å². The number of hydrogen-bond acceptors (Lipinski definition) is 3. The van der Waals surface area contributed by atoms with Crippen LogP contribution in [0.25, 0.3) is 0 Å². The van der Waals surface area contributed by atoms with Gasteiger partial charge >= 0.3 is 6.03 Å². The molecule has 0 heterocycles. The minimum absolute atomic E-state index is 0.0520. The van der Waals surface area contributed by atoms with Gasteiger partial charge in [0, 0.05) is 17.4 Å². The molecule has 1 aromatic carbocycles. The van der Waals surface area contributed by atoms with E-state index < -0.39 is 10.0 Å². The molecule has 0 atom stereocenters. The smallest absolute Gasteiger partial charge is 0.319 e. The Morgan fingerprint density at radius 1 is 1.11 bits per heavy atom. The average Bonchev–Trinajstić information content (AvgIpc) is 2.17. The van der Waals surface area contributed by atoms with Crippen LogP contribution in [0.2, 0.25) is 0 Å². The summed E-state index contributed by atoms with van der Waals surface area (Å²) in [5.74, 6) is 0. The number of carbonyl (C=O) groups is 1. The zero-order chi connectivity index (χ0) is 13.8. The number of urea groups is 1. The molecule has 0 fully saturated rings. The first-order chi connectivity index (χ1) is 8.26. The highest BCUT2D eigenvalue weighted by Gasteiger charge is 2.04. The van der Waals surface area contributed by atoms with E-state index in [1.54, 1.807) is 24.3 Å². The molecule has 6 nitrogen and oxygen atoms in total. The van der Waals surface area contributed by atoms with E-state index in [1.165, 1.54) is 0 Å². The Kier molecular flexibility index (Phi) is 4.55. The normalized spacial score (nSPS) is 11.1. The third kappa shape index (κ3) is 5.53. The third-order valence-corrected chi connectivity index (χ3v) is 2.47. The van der Waals surface area contributed by atoms with Crippen molar-refractivity contribution in [2.45, 2.75) is 19.9 Å². The molecule has 0 saturated carbocycles. The Hall–Kier alpha value is -1.76. The van der Waals surface area contributed by atoms with E-state index >= 15 is 0 Å². The van der Waals surface area contributed by atoms with Crippen molar-refractivity contribution >= 4 is 27.4 Å². The summed E-state index contributed by atoms with van der Waals surface area (Å²) in [7, 11) is -3.28. The van der Waals surface area contributed by atoms with Crippen LogP contribution in [0, 0.1) is 0 Å². The van der Waals surface area contributed by atoms with Crippen molar-refractivity contribution in [1.82, 2.24) is 5.32 Å². The minimum Gasteiger partial charge on any atom is -0.336 e. The van der Waals surface area contributed by atoms with Crippen LogP contribution in [0.1, 0.15) is 13.8 Å². The molecule has 0 aliphatic carbocycles. The Bertz CT molecular complexity index is 509. The van der Waals surface area contributed by atoms with Gasteiger partial charge in [-0.25, -0.2) is 13.2 Å². The van der Waals surface area contributed by atoms with Crippen LogP contribution in [0.5, 0.6) is 0 Å². The maximum Gasteiger partial charge on any atom is 0.319 e. The Labute approximate surface area is 107 Å². The van der Waals surface area contributed by atoms with Crippen LogP contribution in [-0.2, 0) is 10.0 Å². The number of amides is 2. The quantitative estimate of drug-likeness (QED) is 0.777. The molecule has 18 heavy (non-hydrogen) atoms. The second kappa shape index (κ2) is 5.72. The molecule has 3 N–H and O–H groups in total. The van der Waals surface area contributed by atoms with Crippen molar-refractivity contribution in [3.63, 3.8) is 0 Å². The number of rotatable bonds is 4. The van der Waals surface area contributed by atoms with Gasteiger partial charge in [0.2, 0.25) is 10.0 Å². The molecule has 0 aliphatic rings. The van der Waals surface area contributed by atoms with Gasteiger partial charge in [-0.15, -0.1) is 0 Å². The molecule has 1 aromatic rings. The minimum atomic E-state index is -3.28. The molecule has 100 valence electrons. The first kappa shape index (κ1) is 14.3. The monoisotopic (exact) mass is 271 g/mol. The molecule has 7 heteroatoms. The van der Waals surface area contributed by atoms with Gasteiger partial charge in [0.05, 0.1) is 6.26 Å². The highest BCUT2D eigenvalue weighted by molar-refractivity contribution is 7.92. The Balaban J connectivity index is 2.63. The van der Waals surface area contributed by atoms with E-state index in [2.05, 4.69) is 15.4 Å². The van der Waals surface area contributed by atoms with E-state index in [0.717, 1.165) is 6.26 Å². The van der Waals surface area contributed by atoms with Crippen molar-refractivity contribution in [3.8, 4) is 0 Å². The summed E-state index contributed by atoms with van der Waals surface area (Å²) in [5.41, 5.74) is 1.04. The second-order valence-corrected chi connectivity index (χ2v) is 5.95. The lowest BCUT2D eigenvalue weighted by molar-refractivity contribution is 0.250. The number of sulfonamides is 1. The first-order valence-electron chi connectivity index (χ1n) is 5.41. The first-order valence-corrected chi connectivity index (χ1v) is 7.31. The standard InChI is InChI=1S/C11H17N3O3S/c1-8(2)12-11(15)13-9-4-6-10(7-5-9)14-18(3,16)17/h4-8,14H,1-3H3,(H2,12,13,15). The molecule has 0 saturated heterocycles. The van der Waals surface area contributed by atoms with Crippen molar-refractivity contribution in [1.29, 1.82) is 0 Å². The fraction of sp³-hybridized carbons (Fsp3) is 0.364. The van der Waals surface area contributed by atoms with Gasteiger partial charge in [-0.05, 0) is 38.1 Å². The van der Waals surface area contributed by atoms with Gasteiger partial charge < -0.3 is 10.6 Å². The van der Waals surface area contributed by atoms with Gasteiger partial charge in [-0.3, -0.25) is 4.72 Å². The Morgan fingerprint density at radius 3 is 2.06 bits per heavy atom. The average molecular weight is 271 g/mol. The lowest BCUT2D eigenvalue weighted by Gasteiger charge is -2.10. The fourth-order valence-electron chi connectivity index (χ4n) is 1.27. The number of nitrogens with one attached hydrogen (secondary N) is 3. The van der Waals surface area contributed by atoms with Gasteiger partial charge in [0.25, 0.3) is 0 Å². The molecule has 0 bridgehead atoms. The number of anilines is 2. The zero-order valence-electron chi connectivity index (χ0n) is 10.5. The van der Waals surface area contributed by atoms with E-state index in [0.29, 0.717) is 11.4 Å². The highest BCUT2D eigenvalue weighted by Crippen LogP contribution is 2.14. The van der Waals surface area contributed by atoms with Crippen molar-refractivity contribution < 1.29 is 13.2 Å². The lowest BCUT2D eigenvalue weighted by atomic mass is 10.3. The van der Waals surface area contributed by atoms with Crippen LogP contribution >= 0.6 is 0 Å². The lowest BCUT2D eigenvalue weighted by Crippen LogP contribution is -2.34. The molecular weight excluding hydrogens is 254 g/mol. The van der Waals surface area contributed by atoms with Gasteiger partial charge in [-0.2, -0.15) is 0 Å². The second-order valence-electron chi connectivity index (χ2n) is 4.20. The summed E-state index contributed by atoms with van der Waals surface area (Å²) in [5, 5.41) is 5.32. The maximum atomic E-state index is 11.4. The summed E-state index contributed by atoms with van der Waals surface area (Å²) in [4.78, 5) is 11.4. The van der Waals surface area contributed by atoms with Gasteiger partial charge in [0.15, 0.2) is 0 Å². The molecule has 1 rings (SSSR count). The number of hydrogen-bond donors (Lipinski definition) is 3. The highest BCUT2D eigenvalue weighted by atomic mass is 32.2. The van der Waals surface area contributed by atoms with E-state index in [-0.39, 0.29) is 12.1 Å². The summed E-state index contributed by atoms with van der Waals surface area (Å²) in [6.45, 7) is 3.72. The molecule has 0 aliphatic heterocycles. The Morgan fingerprint density at radius 2 is 1.61 bits per heavy atom. The van der Waals surface area contributed by atoms with Crippen LogP contribution < -0.4 is 15.4 Å². The SMILES string of the molecule is CC(C)NC(=O)Nc1ccc(NS(C)(=O)=O)cc1. The molecule has 2 amide bonds. The fourth-order valence-corrected chi connectivity index (χ4v) is 1.83. The van der Waals surface area contributed by atoms with Crippen molar-refractivity contribution in [2.24, 2.45) is 0 Å². The van der Waals surface area contributed by atoms with Crippen molar-refractivity contribution in [3.05, 3.63) is 24.3 Å². The van der Waals surface area contributed by atoms with Crippen LogP contribution in [0.3, 0.4) is 0 Å².